The summed E-state index contributed by atoms with van der Waals surface area (Å²) in [7, 11) is 1.52. The summed E-state index contributed by atoms with van der Waals surface area (Å²) in [6, 6.07) is 7.03. The first kappa shape index (κ1) is 15.5. The van der Waals surface area contributed by atoms with Crippen LogP contribution >= 0.6 is 0 Å². The first-order chi connectivity index (χ1) is 9.36. The van der Waals surface area contributed by atoms with Gasteiger partial charge in [0, 0.05) is 12.7 Å². The van der Waals surface area contributed by atoms with Gasteiger partial charge in [0.25, 0.3) is 0 Å². The highest BCUT2D eigenvalue weighted by molar-refractivity contribution is 5.94. The third-order valence-corrected chi connectivity index (χ3v) is 2.88. The van der Waals surface area contributed by atoms with Crippen molar-refractivity contribution in [1.29, 1.82) is 5.26 Å². The van der Waals surface area contributed by atoms with Crippen LogP contribution in [0.1, 0.15) is 19.4 Å². The summed E-state index contributed by atoms with van der Waals surface area (Å²) >= 11 is 0. The van der Waals surface area contributed by atoms with Gasteiger partial charge in [-0.3, -0.25) is 4.90 Å². The van der Waals surface area contributed by atoms with Crippen LogP contribution < -0.4 is 10.2 Å². The van der Waals surface area contributed by atoms with Crippen LogP contribution in [-0.2, 0) is 4.79 Å². The minimum absolute atomic E-state index is 0.227. The van der Waals surface area contributed by atoms with Crippen LogP contribution in [0.2, 0.25) is 0 Å². The Bertz CT molecular complexity index is 549. The number of rotatable bonds is 4. The lowest BCUT2D eigenvalue weighted by Crippen LogP contribution is -2.49. The number of aliphatic carboxylic acids is 1. The van der Waals surface area contributed by atoms with Gasteiger partial charge in [0.15, 0.2) is 0 Å². The number of hydrogen-bond donors (Lipinski definition) is 2. The van der Waals surface area contributed by atoms with Crippen LogP contribution in [0.15, 0.2) is 24.3 Å². The van der Waals surface area contributed by atoms with E-state index in [9.17, 15) is 9.59 Å². The highest BCUT2D eigenvalue weighted by Gasteiger charge is 2.25. The summed E-state index contributed by atoms with van der Waals surface area (Å²) < 4.78 is 0. The van der Waals surface area contributed by atoms with E-state index in [0.29, 0.717) is 11.3 Å². The number of benzene rings is 1. The smallest absolute Gasteiger partial charge is 0.326 e. The molecule has 20 heavy (non-hydrogen) atoms. The largest absolute Gasteiger partial charge is 0.480 e. The van der Waals surface area contributed by atoms with Crippen molar-refractivity contribution in [2.24, 2.45) is 5.92 Å². The molecule has 0 aromatic heterocycles. The SMILES string of the molecule is CC(C)[C@@H](NC(=O)N(C)c1cccc(C#N)c1)C(=O)O. The Hall–Kier alpha value is -2.55. The van der Waals surface area contributed by atoms with Gasteiger partial charge in [-0.05, 0) is 24.1 Å². The summed E-state index contributed by atoms with van der Waals surface area (Å²) in [6.45, 7) is 3.44. The molecule has 2 amide bonds. The van der Waals surface area contributed by atoms with Crippen molar-refractivity contribution in [3.63, 3.8) is 0 Å². The average Bonchev–Trinajstić information content (AvgIpc) is 2.42. The first-order valence-corrected chi connectivity index (χ1v) is 6.14. The number of urea groups is 1. The Balaban J connectivity index is 2.86. The second-order valence-electron chi connectivity index (χ2n) is 4.73. The number of anilines is 1. The molecular formula is C14H17N3O3. The van der Waals surface area contributed by atoms with Gasteiger partial charge in [-0.25, -0.2) is 9.59 Å². The number of nitrogens with zero attached hydrogens (tertiary/aromatic N) is 2. The molecule has 1 aromatic carbocycles. The maximum absolute atomic E-state index is 12.0. The number of carboxylic acid groups (broad SMARTS) is 1. The van der Waals surface area contributed by atoms with Gasteiger partial charge in [-0.2, -0.15) is 5.26 Å². The van der Waals surface area contributed by atoms with Crippen molar-refractivity contribution >= 4 is 17.7 Å². The first-order valence-electron chi connectivity index (χ1n) is 6.14. The standard InChI is InChI=1S/C14H17N3O3/c1-9(2)12(13(18)19)16-14(20)17(3)11-6-4-5-10(7-11)8-15/h4-7,9,12H,1-3H3,(H,16,20)(H,18,19)/t12-/m1/s1. The third kappa shape index (κ3) is 3.72. The molecule has 0 aliphatic carbocycles. The van der Waals surface area contributed by atoms with Gasteiger partial charge in [0.2, 0.25) is 0 Å². The molecule has 0 saturated heterocycles. The second-order valence-corrected chi connectivity index (χ2v) is 4.73. The average molecular weight is 275 g/mol. The molecule has 6 nitrogen and oxygen atoms in total. The molecule has 0 radical (unpaired) electrons. The molecule has 0 spiro atoms. The fourth-order valence-electron chi connectivity index (χ4n) is 1.64. The van der Waals surface area contributed by atoms with E-state index in [1.54, 1.807) is 38.1 Å². The van der Waals surface area contributed by atoms with Crippen molar-refractivity contribution < 1.29 is 14.7 Å². The number of carbonyl (C=O) groups excluding carboxylic acids is 1. The molecule has 0 aliphatic heterocycles. The molecule has 0 fully saturated rings. The zero-order chi connectivity index (χ0) is 15.3. The lowest BCUT2D eigenvalue weighted by molar-refractivity contribution is -0.140. The zero-order valence-corrected chi connectivity index (χ0v) is 11.6. The van der Waals surface area contributed by atoms with Crippen LogP contribution in [0.4, 0.5) is 10.5 Å². The van der Waals surface area contributed by atoms with Crippen molar-refractivity contribution in [1.82, 2.24) is 5.32 Å². The summed E-state index contributed by atoms with van der Waals surface area (Å²) in [4.78, 5) is 24.4. The fraction of sp³-hybridized carbons (Fsp3) is 0.357. The van der Waals surface area contributed by atoms with Crippen LogP contribution in [0, 0.1) is 17.2 Å². The van der Waals surface area contributed by atoms with E-state index in [1.165, 1.54) is 11.9 Å². The Morgan fingerprint density at radius 2 is 2.05 bits per heavy atom. The molecule has 1 aromatic rings. The van der Waals surface area contributed by atoms with E-state index < -0.39 is 18.0 Å². The highest BCUT2D eigenvalue weighted by atomic mass is 16.4. The van der Waals surface area contributed by atoms with Crippen LogP contribution in [-0.4, -0.2) is 30.2 Å². The molecule has 0 saturated carbocycles. The van der Waals surface area contributed by atoms with Crippen LogP contribution in [0.3, 0.4) is 0 Å². The summed E-state index contributed by atoms with van der Waals surface area (Å²) in [5.41, 5.74) is 0.954. The van der Waals surface area contributed by atoms with Gasteiger partial charge in [0.1, 0.15) is 6.04 Å². The van der Waals surface area contributed by atoms with E-state index in [2.05, 4.69) is 5.32 Å². The Morgan fingerprint density at radius 1 is 1.40 bits per heavy atom. The molecule has 0 unspecified atom stereocenters. The second kappa shape index (κ2) is 6.57. The lowest BCUT2D eigenvalue weighted by atomic mass is 10.1. The minimum atomic E-state index is -1.08. The van der Waals surface area contributed by atoms with Crippen molar-refractivity contribution in [2.75, 3.05) is 11.9 Å². The normalized spacial score (nSPS) is 11.6. The number of nitriles is 1. The van der Waals surface area contributed by atoms with E-state index >= 15 is 0 Å². The quantitative estimate of drug-likeness (QED) is 0.876. The molecule has 0 aliphatic rings. The number of carboxylic acids is 1. The van der Waals surface area contributed by atoms with Gasteiger partial charge >= 0.3 is 12.0 Å². The zero-order valence-electron chi connectivity index (χ0n) is 11.6. The van der Waals surface area contributed by atoms with Crippen molar-refractivity contribution in [3.05, 3.63) is 29.8 Å². The summed E-state index contributed by atoms with van der Waals surface area (Å²) in [5, 5.41) is 20.3. The van der Waals surface area contributed by atoms with E-state index in [1.807, 2.05) is 6.07 Å². The number of carbonyl (C=O) groups is 2. The summed E-state index contributed by atoms with van der Waals surface area (Å²) in [6.07, 6.45) is 0. The Labute approximate surface area is 117 Å². The molecule has 6 heteroatoms. The van der Waals surface area contributed by atoms with Gasteiger partial charge in [0.05, 0.1) is 11.6 Å². The van der Waals surface area contributed by atoms with Gasteiger partial charge < -0.3 is 10.4 Å². The number of amides is 2. The minimum Gasteiger partial charge on any atom is -0.480 e. The Morgan fingerprint density at radius 3 is 2.55 bits per heavy atom. The van der Waals surface area contributed by atoms with Crippen molar-refractivity contribution in [2.45, 2.75) is 19.9 Å². The van der Waals surface area contributed by atoms with E-state index in [-0.39, 0.29) is 5.92 Å². The lowest BCUT2D eigenvalue weighted by Gasteiger charge is -2.23. The maximum atomic E-state index is 12.0. The highest BCUT2D eigenvalue weighted by Crippen LogP contribution is 2.15. The third-order valence-electron chi connectivity index (χ3n) is 2.88. The predicted octanol–water partition coefficient (Wildman–Crippen LogP) is 1.81. The monoisotopic (exact) mass is 275 g/mol. The Kier molecular flexibility index (Phi) is 5.09. The van der Waals surface area contributed by atoms with Crippen LogP contribution in [0.5, 0.6) is 0 Å². The van der Waals surface area contributed by atoms with Gasteiger partial charge in [-0.15, -0.1) is 0 Å². The molecule has 1 atom stereocenters. The molecule has 0 heterocycles. The molecule has 2 N–H and O–H groups in total. The predicted molar refractivity (Wildman–Crippen MR) is 74.4 cm³/mol. The van der Waals surface area contributed by atoms with Crippen LogP contribution in [0.25, 0.3) is 0 Å². The molecule has 1 rings (SSSR count). The fourth-order valence-corrected chi connectivity index (χ4v) is 1.64. The van der Waals surface area contributed by atoms with Crippen molar-refractivity contribution in [3.8, 4) is 6.07 Å². The number of hydrogen-bond acceptors (Lipinski definition) is 3. The topological polar surface area (TPSA) is 93.4 Å². The number of nitrogens with one attached hydrogen (secondary N) is 1. The van der Waals surface area contributed by atoms with Gasteiger partial charge in [-0.1, -0.05) is 19.9 Å². The maximum Gasteiger partial charge on any atom is 0.326 e. The summed E-state index contributed by atoms with van der Waals surface area (Å²) in [5.74, 6) is -1.30. The molecular weight excluding hydrogens is 258 g/mol. The van der Waals surface area contributed by atoms with E-state index in [0.717, 1.165) is 0 Å². The van der Waals surface area contributed by atoms with E-state index in [4.69, 9.17) is 10.4 Å². The molecule has 0 bridgehead atoms. The molecule has 106 valence electrons.